The third-order valence-corrected chi connectivity index (χ3v) is 5.57. The Morgan fingerprint density at radius 1 is 0.941 bits per heavy atom. The molecule has 4 rings (SSSR count). The number of rotatable bonds is 3. The number of carbonyl (C=O) groups is 1. The molecule has 1 amide bonds. The van der Waals surface area contributed by atoms with Gasteiger partial charge in [0.2, 0.25) is 5.91 Å². The first kappa shape index (κ1) is 26.0. The molecule has 0 aromatic heterocycles. The first-order valence-electron chi connectivity index (χ1n) is 10.5. The normalized spacial score (nSPS) is 22.8. The fourth-order valence-corrected chi connectivity index (χ4v) is 4.03. The average Bonchev–Trinajstić information content (AvgIpc) is 3.15. The minimum absolute atomic E-state index is 0.0827. The number of halogens is 7. The number of ether oxygens (including phenoxy) is 1. The van der Waals surface area contributed by atoms with Crippen LogP contribution >= 0.6 is 0 Å². The van der Waals surface area contributed by atoms with E-state index < -0.39 is 36.2 Å². The summed E-state index contributed by atoms with van der Waals surface area (Å²) >= 11 is 0. The molecule has 0 radical (unpaired) electrons. The lowest BCUT2D eigenvalue weighted by molar-refractivity contribution is -0.143. The summed E-state index contributed by atoms with van der Waals surface area (Å²) in [6.07, 6.45) is -8.95. The molecular formula is C23H23F7N2O2. The maximum atomic E-state index is 12.9. The van der Waals surface area contributed by atoms with Crippen LogP contribution in [0.5, 0.6) is 0 Å². The van der Waals surface area contributed by atoms with E-state index in [1.54, 1.807) is 23.1 Å². The quantitative estimate of drug-likeness (QED) is 0.603. The van der Waals surface area contributed by atoms with E-state index in [-0.39, 0.29) is 48.4 Å². The van der Waals surface area contributed by atoms with Gasteiger partial charge in [-0.2, -0.15) is 26.3 Å². The summed E-state index contributed by atoms with van der Waals surface area (Å²) in [7, 11) is 0. The largest absolute Gasteiger partial charge is 0.416 e. The minimum atomic E-state index is -4.90. The molecule has 2 N–H and O–H groups in total. The Hall–Kier alpha value is -2.66. The molecule has 34 heavy (non-hydrogen) atoms. The standard InChI is InChI=1S/C17H18F6N2O2.C6H5F/c18-16(19,20)10-1-9(2-11(3-10)17(21,22)23)8-27-14-6-13-4-12(24)5-15(26)25(13)7-14;7-6-4-2-1-3-5-6/h1-3,12-14H,4-8,24H2;1-5H. The maximum Gasteiger partial charge on any atom is 0.416 e. The lowest BCUT2D eigenvalue weighted by Gasteiger charge is -2.32. The van der Waals surface area contributed by atoms with E-state index in [0.717, 1.165) is 0 Å². The predicted molar refractivity (Wildman–Crippen MR) is 109 cm³/mol. The number of hydrogen-bond acceptors (Lipinski definition) is 3. The molecule has 4 nitrogen and oxygen atoms in total. The number of hydrogen-bond donors (Lipinski definition) is 1. The highest BCUT2D eigenvalue weighted by molar-refractivity contribution is 5.78. The van der Waals surface area contributed by atoms with Crippen LogP contribution in [-0.2, 0) is 28.5 Å². The van der Waals surface area contributed by atoms with Crippen molar-refractivity contribution < 1.29 is 40.3 Å². The summed E-state index contributed by atoms with van der Waals surface area (Å²) in [6, 6.07) is 8.98. The van der Waals surface area contributed by atoms with Crippen LogP contribution in [0.1, 0.15) is 36.0 Å². The molecule has 0 spiro atoms. The molecule has 2 aromatic carbocycles. The van der Waals surface area contributed by atoms with Crippen LogP contribution in [0.15, 0.2) is 48.5 Å². The van der Waals surface area contributed by atoms with Crippen molar-refractivity contribution in [2.24, 2.45) is 5.73 Å². The highest BCUT2D eigenvalue weighted by atomic mass is 19.4. The Balaban J connectivity index is 0.000000396. The number of carbonyl (C=O) groups excluding carboxylic acids is 1. The molecule has 3 atom stereocenters. The molecular weight excluding hydrogens is 469 g/mol. The van der Waals surface area contributed by atoms with Crippen LogP contribution in [0.25, 0.3) is 0 Å². The highest BCUT2D eigenvalue weighted by Crippen LogP contribution is 2.37. The van der Waals surface area contributed by atoms with E-state index in [1.165, 1.54) is 12.1 Å². The monoisotopic (exact) mass is 492 g/mol. The van der Waals surface area contributed by atoms with Crippen molar-refractivity contribution in [1.29, 1.82) is 0 Å². The summed E-state index contributed by atoms with van der Waals surface area (Å²) in [6.45, 7) is -0.139. The Kier molecular flexibility index (Phi) is 7.87. The van der Waals surface area contributed by atoms with Gasteiger partial charge in [-0.3, -0.25) is 4.79 Å². The second kappa shape index (κ2) is 10.3. The van der Waals surface area contributed by atoms with Crippen LogP contribution in [-0.4, -0.2) is 35.5 Å². The van der Waals surface area contributed by atoms with E-state index in [0.29, 0.717) is 25.0 Å². The molecule has 2 aliphatic heterocycles. The van der Waals surface area contributed by atoms with Crippen molar-refractivity contribution in [3.63, 3.8) is 0 Å². The summed E-state index contributed by atoms with van der Waals surface area (Å²) < 4.78 is 94.8. The van der Waals surface area contributed by atoms with E-state index >= 15 is 0 Å². The van der Waals surface area contributed by atoms with Gasteiger partial charge in [-0.05, 0) is 48.7 Å². The SMILES string of the molecule is Fc1ccccc1.NC1CC(=O)N2CC(OCc3cc(C(F)(F)F)cc(C(F)(F)F)c3)CC2C1. The number of alkyl halides is 6. The molecule has 0 saturated carbocycles. The second-order valence-electron chi connectivity index (χ2n) is 8.28. The molecule has 11 heteroatoms. The van der Waals surface area contributed by atoms with Crippen LogP contribution in [0.2, 0.25) is 0 Å². The fraction of sp³-hybridized carbons (Fsp3) is 0.435. The molecule has 186 valence electrons. The van der Waals surface area contributed by atoms with Gasteiger partial charge in [0, 0.05) is 25.0 Å². The van der Waals surface area contributed by atoms with Crippen molar-refractivity contribution in [3.05, 3.63) is 71.0 Å². The zero-order chi connectivity index (χ0) is 25.1. The van der Waals surface area contributed by atoms with Crippen molar-refractivity contribution in [1.82, 2.24) is 4.90 Å². The van der Waals surface area contributed by atoms with Gasteiger partial charge in [-0.25, -0.2) is 4.39 Å². The predicted octanol–water partition coefficient (Wildman–Crippen LogP) is 5.16. The van der Waals surface area contributed by atoms with E-state index in [2.05, 4.69) is 0 Å². The van der Waals surface area contributed by atoms with Gasteiger partial charge in [-0.1, -0.05) is 18.2 Å². The van der Waals surface area contributed by atoms with Crippen molar-refractivity contribution in [2.45, 2.75) is 56.4 Å². The smallest absolute Gasteiger partial charge is 0.372 e. The van der Waals surface area contributed by atoms with Crippen molar-refractivity contribution in [2.75, 3.05) is 6.54 Å². The molecule has 2 aromatic rings. The van der Waals surface area contributed by atoms with E-state index in [4.69, 9.17) is 10.5 Å². The Morgan fingerprint density at radius 2 is 1.53 bits per heavy atom. The van der Waals surface area contributed by atoms with Gasteiger partial charge >= 0.3 is 12.4 Å². The molecule has 2 saturated heterocycles. The first-order chi connectivity index (χ1) is 15.8. The van der Waals surface area contributed by atoms with Gasteiger partial charge in [0.15, 0.2) is 0 Å². The topological polar surface area (TPSA) is 55.6 Å². The van der Waals surface area contributed by atoms with E-state index in [1.807, 2.05) is 0 Å². The molecule has 2 heterocycles. The summed E-state index contributed by atoms with van der Waals surface area (Å²) in [5, 5.41) is 0. The van der Waals surface area contributed by atoms with Gasteiger partial charge in [0.1, 0.15) is 5.82 Å². The Bertz CT molecular complexity index is 947. The zero-order valence-corrected chi connectivity index (χ0v) is 17.9. The van der Waals surface area contributed by atoms with Crippen LogP contribution in [0, 0.1) is 5.82 Å². The van der Waals surface area contributed by atoms with E-state index in [9.17, 15) is 35.5 Å². The summed E-state index contributed by atoms with van der Waals surface area (Å²) in [5.41, 5.74) is 2.84. The lowest BCUT2D eigenvalue weighted by atomic mass is 9.98. The Labute approximate surface area is 191 Å². The summed E-state index contributed by atoms with van der Waals surface area (Å²) in [4.78, 5) is 13.6. The average molecular weight is 492 g/mol. The molecule has 3 unspecified atom stereocenters. The second-order valence-corrected chi connectivity index (χ2v) is 8.28. The van der Waals surface area contributed by atoms with Gasteiger partial charge in [0.05, 0.1) is 23.8 Å². The zero-order valence-electron chi connectivity index (χ0n) is 17.9. The molecule has 0 bridgehead atoms. The fourth-order valence-electron chi connectivity index (χ4n) is 4.03. The lowest BCUT2D eigenvalue weighted by Crippen LogP contribution is -2.47. The van der Waals surface area contributed by atoms with Crippen molar-refractivity contribution >= 4 is 5.91 Å². The summed E-state index contributed by atoms with van der Waals surface area (Å²) in [5.74, 6) is -0.286. The first-order valence-corrected chi connectivity index (χ1v) is 10.5. The number of benzene rings is 2. The minimum Gasteiger partial charge on any atom is -0.372 e. The Morgan fingerprint density at radius 3 is 2.03 bits per heavy atom. The van der Waals surface area contributed by atoms with Gasteiger partial charge < -0.3 is 15.4 Å². The number of piperidine rings is 1. The third-order valence-electron chi connectivity index (χ3n) is 5.57. The number of nitrogens with zero attached hydrogens (tertiary/aromatic N) is 1. The van der Waals surface area contributed by atoms with Crippen LogP contribution < -0.4 is 5.73 Å². The molecule has 0 aliphatic carbocycles. The van der Waals surface area contributed by atoms with Crippen LogP contribution in [0.3, 0.4) is 0 Å². The number of fused-ring (bicyclic) bond motifs is 1. The maximum absolute atomic E-state index is 12.9. The number of nitrogens with two attached hydrogens (primary N) is 1. The van der Waals surface area contributed by atoms with Gasteiger partial charge in [-0.15, -0.1) is 0 Å². The highest BCUT2D eigenvalue weighted by Gasteiger charge is 2.41. The van der Waals surface area contributed by atoms with Crippen LogP contribution in [0.4, 0.5) is 30.7 Å². The molecule has 2 fully saturated rings. The van der Waals surface area contributed by atoms with Gasteiger partial charge in [0.25, 0.3) is 0 Å². The number of amides is 1. The van der Waals surface area contributed by atoms with Crippen molar-refractivity contribution in [3.8, 4) is 0 Å². The molecule has 2 aliphatic rings. The third kappa shape index (κ3) is 6.92.